The lowest BCUT2D eigenvalue weighted by atomic mass is 9.82. The van der Waals surface area contributed by atoms with Gasteiger partial charge in [0, 0.05) is 17.6 Å². The minimum atomic E-state index is 0.144. The van der Waals surface area contributed by atoms with Crippen LogP contribution in [0.5, 0.6) is 0 Å². The summed E-state index contributed by atoms with van der Waals surface area (Å²) in [6.07, 6.45) is 3.46. The van der Waals surface area contributed by atoms with Gasteiger partial charge in [-0.15, -0.1) is 0 Å². The Kier molecular flexibility index (Phi) is 3.79. The standard InChI is InChI=1S/C16H26N2/c1-5-16(2,3)18(4)14-11-10-12-8-6-7-9-13(12)15(14)17/h6-9,14-15H,5,10-11,17H2,1-4H3. The maximum Gasteiger partial charge on any atom is 0.0456 e. The summed E-state index contributed by atoms with van der Waals surface area (Å²) in [6.45, 7) is 6.86. The maximum atomic E-state index is 6.50. The number of aryl methyl sites for hydroxylation is 1. The lowest BCUT2D eigenvalue weighted by molar-refractivity contribution is 0.0729. The van der Waals surface area contributed by atoms with Crippen molar-refractivity contribution < 1.29 is 0 Å². The molecule has 2 unspecified atom stereocenters. The van der Waals surface area contributed by atoms with Gasteiger partial charge < -0.3 is 5.73 Å². The fourth-order valence-electron chi connectivity index (χ4n) is 2.91. The predicted octanol–water partition coefficient (Wildman–Crippen LogP) is 3.12. The first-order valence-electron chi connectivity index (χ1n) is 7.03. The van der Waals surface area contributed by atoms with Crippen LogP contribution in [0, 0.1) is 0 Å². The predicted molar refractivity (Wildman–Crippen MR) is 77.6 cm³/mol. The van der Waals surface area contributed by atoms with Crippen molar-refractivity contribution in [3.63, 3.8) is 0 Å². The van der Waals surface area contributed by atoms with Crippen LogP contribution >= 0.6 is 0 Å². The lowest BCUT2D eigenvalue weighted by Crippen LogP contribution is -2.52. The fraction of sp³-hybridized carbons (Fsp3) is 0.625. The highest BCUT2D eigenvalue weighted by molar-refractivity contribution is 5.33. The molecule has 1 aromatic carbocycles. The van der Waals surface area contributed by atoms with Gasteiger partial charge in [-0.1, -0.05) is 31.2 Å². The molecule has 1 aromatic rings. The van der Waals surface area contributed by atoms with Crippen molar-refractivity contribution >= 4 is 0 Å². The van der Waals surface area contributed by atoms with Crippen molar-refractivity contribution in [2.75, 3.05) is 7.05 Å². The zero-order chi connectivity index (χ0) is 13.3. The molecule has 2 heteroatoms. The topological polar surface area (TPSA) is 29.3 Å². The van der Waals surface area contributed by atoms with Gasteiger partial charge in [-0.25, -0.2) is 0 Å². The summed E-state index contributed by atoms with van der Waals surface area (Å²) in [5.74, 6) is 0. The molecule has 100 valence electrons. The van der Waals surface area contributed by atoms with Gasteiger partial charge in [-0.2, -0.15) is 0 Å². The molecule has 0 radical (unpaired) electrons. The zero-order valence-corrected chi connectivity index (χ0v) is 12.1. The van der Waals surface area contributed by atoms with E-state index in [9.17, 15) is 0 Å². The molecule has 2 rings (SSSR count). The van der Waals surface area contributed by atoms with Crippen LogP contribution in [-0.2, 0) is 6.42 Å². The van der Waals surface area contributed by atoms with Crippen LogP contribution in [0.4, 0.5) is 0 Å². The number of nitrogens with two attached hydrogens (primary N) is 1. The highest BCUT2D eigenvalue weighted by Gasteiger charge is 2.35. The first-order valence-corrected chi connectivity index (χ1v) is 7.03. The quantitative estimate of drug-likeness (QED) is 0.888. The smallest absolute Gasteiger partial charge is 0.0456 e. The summed E-state index contributed by atoms with van der Waals surface area (Å²) in [5, 5.41) is 0. The van der Waals surface area contributed by atoms with E-state index in [1.165, 1.54) is 11.1 Å². The Balaban J connectivity index is 2.24. The molecular weight excluding hydrogens is 220 g/mol. The van der Waals surface area contributed by atoms with Gasteiger partial charge in [-0.3, -0.25) is 4.90 Å². The Morgan fingerprint density at radius 3 is 2.67 bits per heavy atom. The van der Waals surface area contributed by atoms with Gasteiger partial charge in [0.25, 0.3) is 0 Å². The number of hydrogen-bond donors (Lipinski definition) is 1. The van der Waals surface area contributed by atoms with Crippen molar-refractivity contribution in [2.24, 2.45) is 5.73 Å². The van der Waals surface area contributed by atoms with Gasteiger partial charge in [0.05, 0.1) is 0 Å². The third-order valence-electron chi connectivity index (χ3n) is 4.86. The minimum Gasteiger partial charge on any atom is -0.323 e. The molecule has 0 fully saturated rings. The SMILES string of the molecule is CCC(C)(C)N(C)C1CCc2ccccc2C1N. The van der Waals surface area contributed by atoms with E-state index in [1.54, 1.807) is 0 Å². The molecule has 2 nitrogen and oxygen atoms in total. The highest BCUT2D eigenvalue weighted by atomic mass is 15.2. The van der Waals surface area contributed by atoms with Crippen LogP contribution in [0.1, 0.15) is 50.8 Å². The van der Waals surface area contributed by atoms with E-state index in [-0.39, 0.29) is 11.6 Å². The summed E-state index contributed by atoms with van der Waals surface area (Å²) in [6, 6.07) is 9.23. The highest BCUT2D eigenvalue weighted by Crippen LogP contribution is 2.34. The first-order chi connectivity index (χ1) is 8.47. The Morgan fingerprint density at radius 1 is 1.33 bits per heavy atom. The Hall–Kier alpha value is -0.860. The molecule has 0 amide bonds. The van der Waals surface area contributed by atoms with Crippen LogP contribution in [0.3, 0.4) is 0 Å². The second kappa shape index (κ2) is 5.02. The Bertz CT molecular complexity index is 411. The summed E-state index contributed by atoms with van der Waals surface area (Å²) in [5.41, 5.74) is 9.49. The van der Waals surface area contributed by atoms with Gasteiger partial charge >= 0.3 is 0 Å². The summed E-state index contributed by atoms with van der Waals surface area (Å²) in [7, 11) is 2.22. The van der Waals surface area contributed by atoms with E-state index in [4.69, 9.17) is 5.73 Å². The summed E-state index contributed by atoms with van der Waals surface area (Å²) < 4.78 is 0. The van der Waals surface area contributed by atoms with Crippen molar-refractivity contribution in [2.45, 2.75) is 57.7 Å². The average molecular weight is 246 g/mol. The van der Waals surface area contributed by atoms with E-state index >= 15 is 0 Å². The third-order valence-corrected chi connectivity index (χ3v) is 4.86. The second-order valence-electron chi connectivity index (χ2n) is 6.11. The van der Waals surface area contributed by atoms with Gasteiger partial charge in [0.2, 0.25) is 0 Å². The Morgan fingerprint density at radius 2 is 2.00 bits per heavy atom. The van der Waals surface area contributed by atoms with Crippen LogP contribution in [0.25, 0.3) is 0 Å². The van der Waals surface area contributed by atoms with Gasteiger partial charge in [0.15, 0.2) is 0 Å². The fourth-order valence-corrected chi connectivity index (χ4v) is 2.91. The minimum absolute atomic E-state index is 0.144. The zero-order valence-electron chi connectivity index (χ0n) is 12.1. The average Bonchev–Trinajstić information content (AvgIpc) is 2.39. The molecule has 0 aromatic heterocycles. The monoisotopic (exact) mass is 246 g/mol. The largest absolute Gasteiger partial charge is 0.323 e. The number of hydrogen-bond acceptors (Lipinski definition) is 2. The number of fused-ring (bicyclic) bond motifs is 1. The summed E-state index contributed by atoms with van der Waals surface area (Å²) >= 11 is 0. The van der Waals surface area contributed by atoms with Crippen LogP contribution in [0.15, 0.2) is 24.3 Å². The van der Waals surface area contributed by atoms with Crippen molar-refractivity contribution in [3.8, 4) is 0 Å². The normalized spacial score (nSPS) is 24.1. The third kappa shape index (κ3) is 2.32. The maximum absolute atomic E-state index is 6.50. The molecule has 2 N–H and O–H groups in total. The molecular formula is C16H26N2. The van der Waals surface area contributed by atoms with Crippen LogP contribution in [0.2, 0.25) is 0 Å². The van der Waals surface area contributed by atoms with Crippen LogP contribution in [-0.4, -0.2) is 23.5 Å². The van der Waals surface area contributed by atoms with Crippen molar-refractivity contribution in [1.82, 2.24) is 4.90 Å². The lowest BCUT2D eigenvalue weighted by Gasteiger charge is -2.45. The van der Waals surface area contributed by atoms with Gasteiger partial charge in [0.1, 0.15) is 0 Å². The molecule has 0 bridgehead atoms. The van der Waals surface area contributed by atoms with Gasteiger partial charge in [-0.05, 0) is 51.3 Å². The Labute approximate surface area is 111 Å². The van der Waals surface area contributed by atoms with E-state index in [1.807, 2.05) is 0 Å². The van der Waals surface area contributed by atoms with Crippen molar-refractivity contribution in [3.05, 3.63) is 35.4 Å². The first kappa shape index (κ1) is 13.6. The van der Waals surface area contributed by atoms with Crippen molar-refractivity contribution in [1.29, 1.82) is 0 Å². The molecule has 0 saturated carbocycles. The number of benzene rings is 1. The van der Waals surface area contributed by atoms with E-state index in [0.29, 0.717) is 6.04 Å². The molecule has 0 aliphatic heterocycles. The molecule has 1 aliphatic rings. The second-order valence-corrected chi connectivity index (χ2v) is 6.11. The molecule has 0 heterocycles. The number of rotatable bonds is 3. The van der Waals surface area contributed by atoms with E-state index < -0.39 is 0 Å². The molecule has 0 spiro atoms. The van der Waals surface area contributed by atoms with Crippen LogP contribution < -0.4 is 5.73 Å². The molecule has 1 aliphatic carbocycles. The van der Waals surface area contributed by atoms with E-state index in [2.05, 4.69) is 57.0 Å². The molecule has 2 atom stereocenters. The number of nitrogens with zero attached hydrogens (tertiary/aromatic N) is 1. The van der Waals surface area contributed by atoms with E-state index in [0.717, 1.165) is 19.3 Å². The number of likely N-dealkylation sites (N-methyl/N-ethyl adjacent to an activating group) is 1. The molecule has 18 heavy (non-hydrogen) atoms. The molecule has 0 saturated heterocycles. The summed E-state index contributed by atoms with van der Waals surface area (Å²) in [4.78, 5) is 2.48.